The smallest absolute Gasteiger partial charge is 0.508 e. The summed E-state index contributed by atoms with van der Waals surface area (Å²) in [6.07, 6.45) is -0.260. The van der Waals surface area contributed by atoms with Crippen LogP contribution in [-0.2, 0) is 11.2 Å². The van der Waals surface area contributed by atoms with E-state index in [4.69, 9.17) is 20.3 Å². The molecule has 0 bridgehead atoms. The average molecular weight is 243 g/mol. The molecule has 0 saturated carbocycles. The minimum Gasteiger partial charge on any atom is -0.508 e. The highest BCUT2D eigenvalue weighted by Gasteiger charge is 2.34. The molecule has 6 nitrogen and oxygen atoms in total. The van der Waals surface area contributed by atoms with Crippen molar-refractivity contribution in [2.24, 2.45) is 0 Å². The SMILES string of the molecule is O=C(O)[C@H](Cc1ccc(O)cc1)N(F)B(O)O. The first-order chi connectivity index (χ1) is 7.91. The summed E-state index contributed by atoms with van der Waals surface area (Å²) in [5, 5.41) is 34.3. The molecule has 92 valence electrons. The molecule has 8 heteroatoms. The van der Waals surface area contributed by atoms with E-state index in [1.165, 1.54) is 24.3 Å². The van der Waals surface area contributed by atoms with Gasteiger partial charge in [0.25, 0.3) is 0 Å². The minimum absolute atomic E-state index is 0.0000718. The van der Waals surface area contributed by atoms with Crippen molar-refractivity contribution in [2.45, 2.75) is 12.5 Å². The van der Waals surface area contributed by atoms with Gasteiger partial charge >= 0.3 is 13.2 Å². The average Bonchev–Trinajstić information content (AvgIpc) is 2.26. The summed E-state index contributed by atoms with van der Waals surface area (Å²) in [7, 11) is -2.49. The number of carbonyl (C=O) groups is 1. The van der Waals surface area contributed by atoms with Crippen molar-refractivity contribution in [3.05, 3.63) is 29.8 Å². The van der Waals surface area contributed by atoms with Gasteiger partial charge < -0.3 is 20.3 Å². The molecule has 0 fully saturated rings. The summed E-state index contributed by atoms with van der Waals surface area (Å²) in [5.74, 6) is -1.52. The number of nitrogens with zero attached hydrogens (tertiary/aromatic N) is 1. The summed E-state index contributed by atoms with van der Waals surface area (Å²) in [4.78, 5) is 10.8. The van der Waals surface area contributed by atoms with E-state index >= 15 is 0 Å². The number of carboxylic acids is 1. The number of phenols is 1. The van der Waals surface area contributed by atoms with Crippen molar-refractivity contribution in [3.63, 3.8) is 0 Å². The van der Waals surface area contributed by atoms with Crippen molar-refractivity contribution in [3.8, 4) is 5.75 Å². The number of hydrogen-bond acceptors (Lipinski definition) is 5. The van der Waals surface area contributed by atoms with Crippen LogP contribution in [0, 0.1) is 0 Å². The summed E-state index contributed by atoms with van der Waals surface area (Å²) >= 11 is 0. The van der Waals surface area contributed by atoms with Gasteiger partial charge in [-0.1, -0.05) is 12.1 Å². The second-order valence-electron chi connectivity index (χ2n) is 3.42. The molecular formula is C9H11BFNO5. The van der Waals surface area contributed by atoms with Gasteiger partial charge in [-0.05, 0) is 17.7 Å². The van der Waals surface area contributed by atoms with Crippen LogP contribution in [-0.4, -0.2) is 44.6 Å². The Labute approximate surface area is 96.6 Å². The molecule has 0 aliphatic carbocycles. The molecule has 0 unspecified atom stereocenters. The summed E-state index contributed by atoms with van der Waals surface area (Å²) < 4.78 is 13.1. The fraction of sp³-hybridized carbons (Fsp3) is 0.222. The van der Waals surface area contributed by atoms with Crippen LogP contribution >= 0.6 is 0 Å². The summed E-state index contributed by atoms with van der Waals surface area (Å²) in [6, 6.07) is 3.78. The van der Waals surface area contributed by atoms with Crippen molar-refractivity contribution in [1.29, 1.82) is 0 Å². The van der Waals surface area contributed by atoms with E-state index in [2.05, 4.69) is 0 Å². The number of aromatic hydroxyl groups is 1. The molecule has 0 aliphatic rings. The Morgan fingerprint density at radius 3 is 2.29 bits per heavy atom. The van der Waals surface area contributed by atoms with Gasteiger partial charge in [0, 0.05) is 6.42 Å². The molecule has 0 spiro atoms. The molecule has 0 radical (unpaired) electrons. The van der Waals surface area contributed by atoms with E-state index in [9.17, 15) is 9.28 Å². The van der Waals surface area contributed by atoms with E-state index in [0.29, 0.717) is 5.56 Å². The zero-order chi connectivity index (χ0) is 13.0. The minimum atomic E-state index is -2.49. The molecular weight excluding hydrogens is 232 g/mol. The van der Waals surface area contributed by atoms with Crippen LogP contribution in [0.4, 0.5) is 4.48 Å². The molecule has 1 atom stereocenters. The van der Waals surface area contributed by atoms with Crippen LogP contribution in [0.25, 0.3) is 0 Å². The van der Waals surface area contributed by atoms with Gasteiger partial charge in [0.2, 0.25) is 0 Å². The molecule has 17 heavy (non-hydrogen) atoms. The Hall–Kier alpha value is -1.64. The van der Waals surface area contributed by atoms with Crippen molar-refractivity contribution in [2.75, 3.05) is 0 Å². The van der Waals surface area contributed by atoms with E-state index in [1.807, 2.05) is 0 Å². The third-order valence-corrected chi connectivity index (χ3v) is 2.17. The number of benzene rings is 1. The quantitative estimate of drug-likeness (QED) is 0.412. The van der Waals surface area contributed by atoms with Gasteiger partial charge in [-0.3, -0.25) is 4.79 Å². The van der Waals surface area contributed by atoms with Crippen molar-refractivity contribution >= 4 is 13.2 Å². The highest BCUT2D eigenvalue weighted by atomic mass is 19.2. The van der Waals surface area contributed by atoms with Crippen LogP contribution in [0.3, 0.4) is 0 Å². The predicted molar refractivity (Wildman–Crippen MR) is 56.4 cm³/mol. The molecule has 0 saturated heterocycles. The molecule has 1 aromatic rings. The molecule has 1 rings (SSSR count). The number of rotatable bonds is 5. The van der Waals surface area contributed by atoms with Gasteiger partial charge in [0.05, 0.1) is 0 Å². The van der Waals surface area contributed by atoms with Gasteiger partial charge in [-0.2, -0.15) is 0 Å². The topological polar surface area (TPSA) is 101 Å². The van der Waals surface area contributed by atoms with Gasteiger partial charge in [0.1, 0.15) is 11.8 Å². The van der Waals surface area contributed by atoms with Crippen LogP contribution in [0.15, 0.2) is 24.3 Å². The first kappa shape index (κ1) is 13.4. The lowest BCUT2D eigenvalue weighted by molar-refractivity contribution is -0.147. The zero-order valence-electron chi connectivity index (χ0n) is 8.69. The lowest BCUT2D eigenvalue weighted by atomic mass is 10.00. The number of carboxylic acid groups (broad SMARTS) is 1. The largest absolute Gasteiger partial charge is 0.582 e. The Kier molecular flexibility index (Phi) is 4.44. The Morgan fingerprint density at radius 1 is 1.35 bits per heavy atom. The van der Waals surface area contributed by atoms with Crippen molar-refractivity contribution < 1.29 is 29.5 Å². The summed E-state index contributed by atoms with van der Waals surface area (Å²) in [5.41, 5.74) is 0.443. The summed E-state index contributed by atoms with van der Waals surface area (Å²) in [6.45, 7) is 0. The molecule has 0 heterocycles. The van der Waals surface area contributed by atoms with E-state index < -0.39 is 24.3 Å². The Bertz CT molecular complexity index is 385. The van der Waals surface area contributed by atoms with Crippen LogP contribution in [0.2, 0.25) is 0 Å². The van der Waals surface area contributed by atoms with E-state index in [-0.39, 0.29) is 12.2 Å². The normalized spacial score (nSPS) is 12.5. The maximum Gasteiger partial charge on any atom is 0.582 e. The number of aliphatic carboxylic acids is 1. The third kappa shape index (κ3) is 3.70. The highest BCUT2D eigenvalue weighted by molar-refractivity contribution is 6.37. The van der Waals surface area contributed by atoms with Gasteiger partial charge in [-0.25, -0.2) is 0 Å². The lowest BCUT2D eigenvalue weighted by Gasteiger charge is -2.19. The zero-order valence-corrected chi connectivity index (χ0v) is 8.69. The van der Waals surface area contributed by atoms with E-state index in [1.54, 1.807) is 0 Å². The molecule has 0 amide bonds. The number of hydrogen-bond donors (Lipinski definition) is 4. The number of halogens is 1. The third-order valence-electron chi connectivity index (χ3n) is 2.17. The van der Waals surface area contributed by atoms with Crippen LogP contribution < -0.4 is 0 Å². The van der Waals surface area contributed by atoms with Crippen molar-refractivity contribution in [1.82, 2.24) is 5.03 Å². The molecule has 0 aliphatic heterocycles. The first-order valence-corrected chi connectivity index (χ1v) is 4.73. The fourth-order valence-corrected chi connectivity index (χ4v) is 1.30. The Morgan fingerprint density at radius 2 is 1.88 bits per heavy atom. The second-order valence-corrected chi connectivity index (χ2v) is 3.42. The second kappa shape index (κ2) is 5.62. The number of phenolic OH excluding ortho intramolecular Hbond substituents is 1. The van der Waals surface area contributed by atoms with Crippen LogP contribution in [0.1, 0.15) is 5.56 Å². The predicted octanol–water partition coefficient (Wildman–Crippen LogP) is -0.456. The lowest BCUT2D eigenvalue weighted by Crippen LogP contribution is -2.46. The maximum atomic E-state index is 13.1. The molecule has 1 aromatic carbocycles. The highest BCUT2D eigenvalue weighted by Crippen LogP contribution is 2.14. The Balaban J connectivity index is 2.80. The van der Waals surface area contributed by atoms with Gasteiger partial charge in [-0.15, -0.1) is 9.51 Å². The van der Waals surface area contributed by atoms with E-state index in [0.717, 1.165) is 0 Å². The monoisotopic (exact) mass is 243 g/mol. The standard InChI is InChI=1S/C9H11BFNO5/c11-12(10(16)17)8(9(14)15)5-6-1-3-7(13)4-2-6/h1-4,8,13,16-17H,5H2,(H,14,15)/t8-/m0/s1. The molecule has 4 N–H and O–H groups in total. The fourth-order valence-electron chi connectivity index (χ4n) is 1.30. The van der Waals surface area contributed by atoms with Crippen LogP contribution in [0.5, 0.6) is 5.75 Å². The maximum absolute atomic E-state index is 13.1. The van der Waals surface area contributed by atoms with Gasteiger partial charge in [0.15, 0.2) is 0 Å². The first-order valence-electron chi connectivity index (χ1n) is 4.73. The molecule has 0 aromatic heterocycles.